The number of urea groups is 1. The highest BCUT2D eigenvalue weighted by atomic mass is 19.1. The number of benzene rings is 1. The molecule has 2 amide bonds. The second-order valence-corrected chi connectivity index (χ2v) is 7.47. The maximum absolute atomic E-state index is 13.3. The van der Waals surface area contributed by atoms with Gasteiger partial charge >= 0.3 is 6.03 Å². The fourth-order valence-electron chi connectivity index (χ4n) is 4.18. The van der Waals surface area contributed by atoms with Gasteiger partial charge in [-0.2, -0.15) is 0 Å². The Hall–Kier alpha value is -1.66. The van der Waals surface area contributed by atoms with Crippen molar-refractivity contribution in [3.8, 4) is 0 Å². The first-order chi connectivity index (χ1) is 12.1. The van der Waals surface area contributed by atoms with Crippen LogP contribution in [-0.4, -0.2) is 55.0 Å². The van der Waals surface area contributed by atoms with Crippen LogP contribution < -0.4 is 5.32 Å². The molecule has 1 saturated carbocycles. The Morgan fingerprint density at radius 3 is 2.92 bits per heavy atom. The van der Waals surface area contributed by atoms with E-state index in [0.717, 1.165) is 24.8 Å². The third-order valence-electron chi connectivity index (χ3n) is 5.92. The summed E-state index contributed by atoms with van der Waals surface area (Å²) in [5, 5.41) is 3.12. The summed E-state index contributed by atoms with van der Waals surface area (Å²) in [6.45, 7) is 4.45. The van der Waals surface area contributed by atoms with Crippen LogP contribution in [0.4, 0.5) is 9.18 Å². The molecule has 1 spiro atoms. The summed E-state index contributed by atoms with van der Waals surface area (Å²) in [7, 11) is 0. The summed E-state index contributed by atoms with van der Waals surface area (Å²) in [4.78, 5) is 14.5. The van der Waals surface area contributed by atoms with Crippen molar-refractivity contribution in [3.05, 3.63) is 35.6 Å². The molecule has 1 N–H and O–H groups in total. The Bertz CT molecular complexity index is 649. The van der Waals surface area contributed by atoms with Crippen LogP contribution in [0.1, 0.15) is 37.7 Å². The van der Waals surface area contributed by atoms with Gasteiger partial charge in [0.05, 0.1) is 19.3 Å². The van der Waals surface area contributed by atoms with E-state index in [4.69, 9.17) is 9.47 Å². The average molecular weight is 348 g/mol. The molecule has 1 aromatic carbocycles. The minimum Gasteiger partial charge on any atom is -0.375 e. The molecular weight excluding hydrogens is 323 g/mol. The van der Waals surface area contributed by atoms with Gasteiger partial charge in [-0.25, -0.2) is 9.18 Å². The fourth-order valence-corrected chi connectivity index (χ4v) is 4.18. The number of amides is 2. The van der Waals surface area contributed by atoms with Gasteiger partial charge in [0.25, 0.3) is 0 Å². The molecule has 2 aliphatic heterocycles. The molecule has 1 aliphatic carbocycles. The van der Waals surface area contributed by atoms with Crippen molar-refractivity contribution in [2.24, 2.45) is 0 Å². The number of ether oxygens (including phenoxy) is 2. The van der Waals surface area contributed by atoms with Gasteiger partial charge < -0.3 is 19.7 Å². The number of morpholine rings is 1. The van der Waals surface area contributed by atoms with Crippen LogP contribution in [0.2, 0.25) is 0 Å². The highest BCUT2D eigenvalue weighted by molar-refractivity contribution is 5.75. The summed E-state index contributed by atoms with van der Waals surface area (Å²) in [5.41, 5.74) is 0.673. The highest BCUT2D eigenvalue weighted by Gasteiger charge is 2.47. The van der Waals surface area contributed by atoms with Crippen LogP contribution in [0.25, 0.3) is 0 Å². The summed E-state index contributed by atoms with van der Waals surface area (Å²) >= 11 is 0. The molecular formula is C19H25FN2O3. The van der Waals surface area contributed by atoms with Crippen molar-refractivity contribution in [1.82, 2.24) is 10.2 Å². The number of rotatable bonds is 2. The van der Waals surface area contributed by atoms with E-state index in [1.54, 1.807) is 12.1 Å². The molecule has 3 fully saturated rings. The number of hydrogen-bond donors (Lipinski definition) is 1. The number of carbonyl (C=O) groups is 1. The summed E-state index contributed by atoms with van der Waals surface area (Å²) < 4.78 is 24.9. The van der Waals surface area contributed by atoms with Crippen molar-refractivity contribution in [1.29, 1.82) is 0 Å². The predicted octanol–water partition coefficient (Wildman–Crippen LogP) is 2.66. The third kappa shape index (κ3) is 3.25. The lowest BCUT2D eigenvalue weighted by molar-refractivity contribution is -0.125. The maximum Gasteiger partial charge on any atom is 0.317 e. The fraction of sp³-hybridized carbons (Fsp3) is 0.632. The summed E-state index contributed by atoms with van der Waals surface area (Å²) in [6, 6.07) is 6.90. The molecule has 3 aliphatic rings. The molecule has 0 unspecified atom stereocenters. The molecule has 5 nitrogen and oxygen atoms in total. The zero-order valence-electron chi connectivity index (χ0n) is 14.5. The van der Waals surface area contributed by atoms with E-state index in [9.17, 15) is 9.18 Å². The Labute approximate surface area is 147 Å². The van der Waals surface area contributed by atoms with Crippen molar-refractivity contribution in [2.45, 2.75) is 49.9 Å². The molecule has 4 rings (SSSR count). The molecule has 2 saturated heterocycles. The van der Waals surface area contributed by atoms with Crippen LogP contribution >= 0.6 is 0 Å². The van der Waals surface area contributed by atoms with E-state index in [1.807, 2.05) is 17.9 Å². The van der Waals surface area contributed by atoms with Gasteiger partial charge in [0.2, 0.25) is 0 Å². The topological polar surface area (TPSA) is 50.8 Å². The van der Waals surface area contributed by atoms with Crippen molar-refractivity contribution >= 4 is 6.03 Å². The highest BCUT2D eigenvalue weighted by Crippen LogP contribution is 2.37. The molecule has 0 aromatic heterocycles. The van der Waals surface area contributed by atoms with Crippen LogP contribution in [0.15, 0.2) is 24.3 Å². The summed E-state index contributed by atoms with van der Waals surface area (Å²) in [5.74, 6) is 0.136. The van der Waals surface area contributed by atoms with Gasteiger partial charge in [0, 0.05) is 25.6 Å². The van der Waals surface area contributed by atoms with Gasteiger partial charge in [-0.05, 0) is 43.4 Å². The lowest BCUT2D eigenvalue weighted by atomic mass is 9.76. The van der Waals surface area contributed by atoms with Crippen molar-refractivity contribution < 1.29 is 18.7 Å². The number of halogens is 1. The predicted molar refractivity (Wildman–Crippen MR) is 91.0 cm³/mol. The molecule has 0 bridgehead atoms. The second-order valence-electron chi connectivity index (χ2n) is 7.47. The standard InChI is InChI=1S/C19H25FN2O3/c1-13-19(5-7-24-13)12-22(6-8-25-19)18(23)21-17-10-15(11-17)14-3-2-4-16(20)9-14/h2-4,9,13,15,17H,5-8,10-12H2,1H3,(H,21,23)/t13-,15?,17?,19-/m0/s1. The van der Waals surface area contributed by atoms with E-state index < -0.39 is 0 Å². The second kappa shape index (κ2) is 6.57. The normalized spacial score (nSPS) is 34.8. The Morgan fingerprint density at radius 2 is 2.20 bits per heavy atom. The quantitative estimate of drug-likeness (QED) is 0.894. The first-order valence-corrected chi connectivity index (χ1v) is 9.12. The smallest absolute Gasteiger partial charge is 0.317 e. The average Bonchev–Trinajstić information content (AvgIpc) is 2.90. The van der Waals surface area contributed by atoms with E-state index in [2.05, 4.69) is 5.32 Å². The molecule has 136 valence electrons. The zero-order chi connectivity index (χ0) is 17.4. The monoisotopic (exact) mass is 348 g/mol. The molecule has 1 aromatic rings. The van der Waals surface area contributed by atoms with E-state index in [1.165, 1.54) is 6.07 Å². The van der Waals surface area contributed by atoms with Crippen LogP contribution in [0.5, 0.6) is 0 Å². The van der Waals surface area contributed by atoms with Gasteiger partial charge in [0.15, 0.2) is 0 Å². The Kier molecular flexibility index (Phi) is 4.41. The van der Waals surface area contributed by atoms with Gasteiger partial charge in [0.1, 0.15) is 11.4 Å². The summed E-state index contributed by atoms with van der Waals surface area (Å²) in [6.07, 6.45) is 2.58. The van der Waals surface area contributed by atoms with E-state index in [0.29, 0.717) is 32.2 Å². The van der Waals surface area contributed by atoms with Crippen molar-refractivity contribution in [2.75, 3.05) is 26.3 Å². The third-order valence-corrected chi connectivity index (χ3v) is 5.92. The zero-order valence-corrected chi connectivity index (χ0v) is 14.5. The number of nitrogens with zero attached hydrogens (tertiary/aromatic N) is 1. The Balaban J connectivity index is 1.30. The van der Waals surface area contributed by atoms with Gasteiger partial charge in [-0.3, -0.25) is 0 Å². The number of nitrogens with one attached hydrogen (secondary N) is 1. The van der Waals surface area contributed by atoms with Gasteiger partial charge in [-0.1, -0.05) is 12.1 Å². The van der Waals surface area contributed by atoms with Crippen molar-refractivity contribution in [3.63, 3.8) is 0 Å². The van der Waals surface area contributed by atoms with Crippen LogP contribution in [-0.2, 0) is 9.47 Å². The Morgan fingerprint density at radius 1 is 1.36 bits per heavy atom. The molecule has 2 atom stereocenters. The molecule has 0 radical (unpaired) electrons. The van der Waals surface area contributed by atoms with Gasteiger partial charge in [-0.15, -0.1) is 0 Å². The van der Waals surface area contributed by atoms with Crippen LogP contribution in [0.3, 0.4) is 0 Å². The number of carbonyl (C=O) groups excluding carboxylic acids is 1. The lowest BCUT2D eigenvalue weighted by Gasteiger charge is -2.43. The molecule has 6 heteroatoms. The number of hydrogen-bond acceptors (Lipinski definition) is 3. The van der Waals surface area contributed by atoms with E-state index >= 15 is 0 Å². The first-order valence-electron chi connectivity index (χ1n) is 9.12. The lowest BCUT2D eigenvalue weighted by Crippen LogP contribution is -2.60. The van der Waals surface area contributed by atoms with Crippen LogP contribution in [0, 0.1) is 5.82 Å². The minimum absolute atomic E-state index is 0.0177. The maximum atomic E-state index is 13.3. The SMILES string of the molecule is C[C@@H]1OCC[C@]12CN(C(=O)NC1CC(c3cccc(F)c3)C1)CCO2. The largest absolute Gasteiger partial charge is 0.375 e. The molecule has 2 heterocycles. The minimum atomic E-state index is -0.348. The van der Waals surface area contributed by atoms with E-state index in [-0.39, 0.29) is 29.6 Å². The first kappa shape index (κ1) is 16.8. The molecule has 25 heavy (non-hydrogen) atoms.